The lowest BCUT2D eigenvalue weighted by molar-refractivity contribution is 0.588. The Hall–Kier alpha value is 1.08. The zero-order valence-electron chi connectivity index (χ0n) is 10.0. The topological polar surface area (TPSA) is 52.0 Å². The molecular formula is C10H26Cl4N2. The van der Waals surface area contributed by atoms with Gasteiger partial charge >= 0.3 is 0 Å². The zero-order chi connectivity index (χ0) is 9.24. The summed E-state index contributed by atoms with van der Waals surface area (Å²) in [5.74, 6) is 0. The van der Waals surface area contributed by atoms with E-state index < -0.39 is 0 Å². The first-order valence-corrected chi connectivity index (χ1v) is 4.94. The lowest BCUT2D eigenvalue weighted by Gasteiger charge is -1.97. The van der Waals surface area contributed by atoms with E-state index in [9.17, 15) is 0 Å². The van der Waals surface area contributed by atoms with Gasteiger partial charge in [-0.05, 0) is 49.6 Å². The summed E-state index contributed by atoms with van der Waals surface area (Å²) in [5.41, 5.74) is 11.9. The lowest BCUT2D eigenvalue weighted by atomic mass is 10.2. The van der Waals surface area contributed by atoms with E-state index in [0.29, 0.717) is 10.8 Å². The van der Waals surface area contributed by atoms with E-state index in [-0.39, 0.29) is 49.6 Å². The van der Waals surface area contributed by atoms with E-state index in [0.717, 1.165) is 13.1 Å². The van der Waals surface area contributed by atoms with Crippen molar-refractivity contribution in [1.82, 2.24) is 0 Å². The normalized spacial score (nSPS) is 20.2. The van der Waals surface area contributed by atoms with Crippen LogP contribution in [0.3, 0.4) is 0 Å². The highest BCUT2D eigenvalue weighted by molar-refractivity contribution is 5.86. The maximum atomic E-state index is 5.37. The molecule has 0 bridgehead atoms. The van der Waals surface area contributed by atoms with Gasteiger partial charge in [0.1, 0.15) is 0 Å². The Morgan fingerprint density at radius 2 is 0.875 bits per heavy atom. The Labute approximate surface area is 124 Å². The second kappa shape index (κ2) is 10.0. The first kappa shape index (κ1) is 25.8. The molecule has 2 nitrogen and oxygen atoms in total. The fraction of sp³-hybridized carbons (Fsp3) is 1.00. The van der Waals surface area contributed by atoms with Crippen LogP contribution in [0.5, 0.6) is 0 Å². The van der Waals surface area contributed by atoms with Gasteiger partial charge in [0.2, 0.25) is 0 Å². The Morgan fingerprint density at radius 3 is 0.875 bits per heavy atom. The van der Waals surface area contributed by atoms with Crippen molar-refractivity contribution >= 4 is 49.6 Å². The first-order chi connectivity index (χ1) is 5.54. The molecule has 2 saturated carbocycles. The summed E-state index contributed by atoms with van der Waals surface area (Å²) < 4.78 is 0. The third-order valence-corrected chi connectivity index (χ3v) is 3.19. The molecule has 0 aromatic heterocycles. The zero-order valence-corrected chi connectivity index (χ0v) is 13.3. The minimum atomic E-state index is 0. The van der Waals surface area contributed by atoms with Gasteiger partial charge in [-0.1, -0.05) is 13.8 Å². The highest BCUT2D eigenvalue weighted by Gasteiger charge is 2.35. The van der Waals surface area contributed by atoms with E-state index in [1.807, 2.05) is 0 Å². The molecule has 0 unspecified atom stereocenters. The summed E-state index contributed by atoms with van der Waals surface area (Å²) in [6.45, 7) is 6.22. The van der Waals surface area contributed by atoms with Crippen LogP contribution in [-0.4, -0.2) is 13.1 Å². The highest BCUT2D eigenvalue weighted by Crippen LogP contribution is 2.43. The Bertz CT molecular complexity index is 141. The Kier molecular flexibility index (Phi) is 16.2. The van der Waals surface area contributed by atoms with E-state index in [4.69, 9.17) is 11.5 Å². The molecule has 6 heteroatoms. The summed E-state index contributed by atoms with van der Waals surface area (Å²) >= 11 is 0. The van der Waals surface area contributed by atoms with Crippen molar-refractivity contribution in [3.05, 3.63) is 0 Å². The third kappa shape index (κ3) is 10.2. The molecule has 0 spiro atoms. The molecule has 2 aliphatic rings. The summed E-state index contributed by atoms with van der Waals surface area (Å²) in [7, 11) is 0. The maximum Gasteiger partial charge on any atom is -0.00232 e. The van der Waals surface area contributed by atoms with Gasteiger partial charge in [0.05, 0.1) is 0 Å². The van der Waals surface area contributed by atoms with Gasteiger partial charge in [0, 0.05) is 0 Å². The predicted octanol–water partition coefficient (Wildman–Crippen LogP) is 3.18. The van der Waals surface area contributed by atoms with Crippen LogP contribution in [-0.2, 0) is 0 Å². The van der Waals surface area contributed by atoms with Crippen molar-refractivity contribution in [2.24, 2.45) is 22.3 Å². The van der Waals surface area contributed by atoms with Crippen LogP contribution in [0.15, 0.2) is 0 Å². The number of hydrogen-bond donors (Lipinski definition) is 2. The monoisotopic (exact) mass is 314 g/mol. The molecule has 0 aromatic rings. The van der Waals surface area contributed by atoms with Gasteiger partial charge in [-0.15, -0.1) is 49.6 Å². The number of halogens is 4. The number of nitrogens with two attached hydrogens (primary N) is 2. The van der Waals surface area contributed by atoms with Crippen molar-refractivity contribution in [2.45, 2.75) is 39.5 Å². The Morgan fingerprint density at radius 1 is 0.688 bits per heavy atom. The van der Waals surface area contributed by atoms with E-state index in [1.165, 1.54) is 25.7 Å². The minimum absolute atomic E-state index is 0. The van der Waals surface area contributed by atoms with Crippen LogP contribution < -0.4 is 11.5 Å². The average Bonchev–Trinajstić information content (AvgIpc) is 2.95. The molecule has 104 valence electrons. The molecule has 2 fully saturated rings. The molecular weight excluding hydrogens is 290 g/mol. The molecule has 4 N–H and O–H groups in total. The van der Waals surface area contributed by atoms with Gasteiger partial charge < -0.3 is 11.5 Å². The summed E-state index contributed by atoms with van der Waals surface area (Å²) in [5, 5.41) is 0. The molecule has 0 aliphatic heterocycles. The van der Waals surface area contributed by atoms with Crippen LogP contribution >= 0.6 is 49.6 Å². The van der Waals surface area contributed by atoms with Gasteiger partial charge in [0.25, 0.3) is 0 Å². The average molecular weight is 316 g/mol. The smallest absolute Gasteiger partial charge is 0.00232 e. The van der Waals surface area contributed by atoms with Crippen molar-refractivity contribution in [1.29, 1.82) is 0 Å². The van der Waals surface area contributed by atoms with Crippen molar-refractivity contribution in [3.8, 4) is 0 Å². The molecule has 16 heavy (non-hydrogen) atoms. The summed E-state index contributed by atoms with van der Waals surface area (Å²) in [6, 6.07) is 0. The van der Waals surface area contributed by atoms with Crippen LogP contribution in [0.1, 0.15) is 39.5 Å². The van der Waals surface area contributed by atoms with E-state index in [2.05, 4.69) is 13.8 Å². The fourth-order valence-electron chi connectivity index (χ4n) is 0.835. The fourth-order valence-corrected chi connectivity index (χ4v) is 0.835. The molecule has 0 amide bonds. The van der Waals surface area contributed by atoms with Crippen LogP contribution in [0.2, 0.25) is 0 Å². The molecule has 0 atom stereocenters. The van der Waals surface area contributed by atoms with Gasteiger partial charge in [0.15, 0.2) is 0 Å². The van der Waals surface area contributed by atoms with Crippen LogP contribution in [0, 0.1) is 10.8 Å². The van der Waals surface area contributed by atoms with Crippen LogP contribution in [0.25, 0.3) is 0 Å². The second-order valence-electron chi connectivity index (χ2n) is 5.03. The van der Waals surface area contributed by atoms with Gasteiger partial charge in [-0.25, -0.2) is 0 Å². The van der Waals surface area contributed by atoms with E-state index in [1.54, 1.807) is 0 Å². The van der Waals surface area contributed by atoms with E-state index >= 15 is 0 Å². The summed E-state index contributed by atoms with van der Waals surface area (Å²) in [6.07, 6.45) is 5.40. The van der Waals surface area contributed by atoms with Crippen molar-refractivity contribution < 1.29 is 0 Å². The number of hydrogen-bond acceptors (Lipinski definition) is 2. The van der Waals surface area contributed by atoms with Gasteiger partial charge in [-0.3, -0.25) is 0 Å². The maximum absolute atomic E-state index is 5.37. The predicted molar refractivity (Wildman–Crippen MR) is 81.8 cm³/mol. The molecule has 0 aromatic carbocycles. The SMILES string of the molecule is CC1(CN)CC1.CC1(CN)CC1.Cl.Cl.Cl.Cl. The molecule has 0 heterocycles. The molecule has 0 saturated heterocycles. The quantitative estimate of drug-likeness (QED) is 0.822. The van der Waals surface area contributed by atoms with Crippen LogP contribution in [0.4, 0.5) is 0 Å². The second-order valence-corrected chi connectivity index (χ2v) is 5.03. The summed E-state index contributed by atoms with van der Waals surface area (Å²) in [4.78, 5) is 0. The lowest BCUT2D eigenvalue weighted by Crippen LogP contribution is -2.10. The van der Waals surface area contributed by atoms with Crippen molar-refractivity contribution in [3.63, 3.8) is 0 Å². The Balaban J connectivity index is -0.0000000720. The highest BCUT2D eigenvalue weighted by atomic mass is 35.5. The largest absolute Gasteiger partial charge is 0.330 e. The standard InChI is InChI=1S/2C5H11N.4ClH/c2*1-5(4-6)2-3-5;;;;/h2*2-4,6H2,1H3;4*1H. The van der Waals surface area contributed by atoms with Crippen molar-refractivity contribution in [2.75, 3.05) is 13.1 Å². The molecule has 2 aliphatic carbocycles. The molecule has 0 radical (unpaired) electrons. The first-order valence-electron chi connectivity index (χ1n) is 4.94. The number of rotatable bonds is 2. The van der Waals surface area contributed by atoms with Gasteiger partial charge in [-0.2, -0.15) is 0 Å². The third-order valence-electron chi connectivity index (χ3n) is 3.19. The molecule has 2 rings (SSSR count). The minimum Gasteiger partial charge on any atom is -0.330 e.